The van der Waals surface area contributed by atoms with Crippen molar-refractivity contribution in [3.63, 3.8) is 0 Å². The summed E-state index contributed by atoms with van der Waals surface area (Å²) in [6, 6.07) is 0. The molecule has 0 amide bonds. The third-order valence-corrected chi connectivity index (χ3v) is 3.32. The zero-order valence-corrected chi connectivity index (χ0v) is 6.90. The Morgan fingerprint density at radius 2 is 1.67 bits per heavy atom. The minimum atomic E-state index is -4.04. The van der Waals surface area contributed by atoms with Crippen LogP contribution in [-0.2, 0) is 4.57 Å². The zero-order valence-electron chi connectivity index (χ0n) is 4.50. The van der Waals surface area contributed by atoms with E-state index in [4.69, 9.17) is 33.0 Å². The summed E-state index contributed by atoms with van der Waals surface area (Å²) in [7, 11) is -4.04. The molecule has 6 heteroatoms. The van der Waals surface area contributed by atoms with Crippen molar-refractivity contribution in [2.24, 2.45) is 0 Å². The first kappa shape index (κ1) is 9.73. The van der Waals surface area contributed by atoms with Crippen LogP contribution in [0.5, 0.6) is 0 Å². The monoisotopic (exact) mass is 192 g/mol. The minimum absolute atomic E-state index is 0.103. The molecule has 0 heterocycles. The van der Waals surface area contributed by atoms with Crippen LogP contribution in [0.15, 0.2) is 0 Å². The van der Waals surface area contributed by atoms with Gasteiger partial charge in [-0.2, -0.15) is 0 Å². The van der Waals surface area contributed by atoms with E-state index in [0.29, 0.717) is 0 Å². The summed E-state index contributed by atoms with van der Waals surface area (Å²) < 4.78 is 10.3. The van der Waals surface area contributed by atoms with Gasteiger partial charge in [-0.25, -0.2) is 0 Å². The van der Waals surface area contributed by atoms with Crippen molar-refractivity contribution in [2.45, 2.75) is 5.66 Å². The Kier molecular flexibility index (Phi) is 4.10. The molecule has 0 aromatic carbocycles. The number of rotatable bonds is 3. The van der Waals surface area contributed by atoms with Gasteiger partial charge in [0, 0.05) is 11.8 Å². The molecule has 0 aliphatic carbocycles. The molecule has 0 atom stereocenters. The fourth-order valence-electron chi connectivity index (χ4n) is 0.221. The molecular formula is C3H7Cl2O3P. The van der Waals surface area contributed by atoms with Crippen LogP contribution in [-0.4, -0.2) is 27.2 Å². The summed E-state index contributed by atoms with van der Waals surface area (Å²) in [4.78, 5) is 16.8. The van der Waals surface area contributed by atoms with Crippen molar-refractivity contribution < 1.29 is 14.4 Å². The fraction of sp³-hybridized carbons (Fsp3) is 1.00. The third-order valence-electron chi connectivity index (χ3n) is 0.832. The van der Waals surface area contributed by atoms with Gasteiger partial charge < -0.3 is 9.79 Å². The van der Waals surface area contributed by atoms with Gasteiger partial charge >= 0.3 is 7.60 Å². The number of hydrogen-bond acceptors (Lipinski definition) is 1. The first-order valence-electron chi connectivity index (χ1n) is 2.19. The second kappa shape index (κ2) is 3.79. The van der Waals surface area contributed by atoms with Crippen molar-refractivity contribution >= 4 is 30.8 Å². The van der Waals surface area contributed by atoms with E-state index < -0.39 is 13.3 Å². The molecule has 3 nitrogen and oxygen atoms in total. The molecule has 2 N–H and O–H groups in total. The lowest BCUT2D eigenvalue weighted by molar-refractivity contribution is 0.364. The minimum Gasteiger partial charge on any atom is -0.324 e. The first-order valence-corrected chi connectivity index (χ1v) is 4.94. The predicted molar refractivity (Wildman–Crippen MR) is 37.3 cm³/mol. The molecule has 0 aromatic rings. The standard InChI is InChI=1S/C3H7Cl2O3P/c4-1-3(2-5)9(6,7)8/h3H,1-2H2,(H2,6,7,8). The van der Waals surface area contributed by atoms with E-state index in [-0.39, 0.29) is 11.8 Å². The molecule has 0 bridgehead atoms. The van der Waals surface area contributed by atoms with E-state index in [1.807, 2.05) is 0 Å². The van der Waals surface area contributed by atoms with Gasteiger partial charge in [0.25, 0.3) is 0 Å². The summed E-state index contributed by atoms with van der Waals surface area (Å²) in [5.74, 6) is -0.207. The van der Waals surface area contributed by atoms with E-state index in [0.717, 1.165) is 0 Å². The van der Waals surface area contributed by atoms with Crippen LogP contribution in [0.4, 0.5) is 0 Å². The highest BCUT2D eigenvalue weighted by Crippen LogP contribution is 2.41. The highest BCUT2D eigenvalue weighted by Gasteiger charge is 2.26. The van der Waals surface area contributed by atoms with Crippen molar-refractivity contribution in [2.75, 3.05) is 11.8 Å². The smallest absolute Gasteiger partial charge is 0.324 e. The van der Waals surface area contributed by atoms with Gasteiger partial charge in [0.2, 0.25) is 0 Å². The quantitative estimate of drug-likeness (QED) is 0.519. The Morgan fingerprint density at radius 3 is 1.67 bits per heavy atom. The Hall–Kier alpha value is 0.730. The second-order valence-electron chi connectivity index (χ2n) is 1.55. The summed E-state index contributed by atoms with van der Waals surface area (Å²) in [5, 5.41) is 0. The van der Waals surface area contributed by atoms with Gasteiger partial charge in [-0.15, -0.1) is 23.2 Å². The van der Waals surface area contributed by atoms with Gasteiger partial charge in [0.05, 0.1) is 5.66 Å². The van der Waals surface area contributed by atoms with Crippen LogP contribution in [0.3, 0.4) is 0 Å². The molecule has 0 saturated carbocycles. The number of hydrogen-bond donors (Lipinski definition) is 2. The van der Waals surface area contributed by atoms with E-state index in [9.17, 15) is 4.57 Å². The van der Waals surface area contributed by atoms with Gasteiger partial charge in [0.1, 0.15) is 0 Å². The Labute approximate surface area is 63.1 Å². The Morgan fingerprint density at radius 1 is 1.33 bits per heavy atom. The lowest BCUT2D eigenvalue weighted by Gasteiger charge is -2.10. The lowest BCUT2D eigenvalue weighted by atomic mass is 10.6. The van der Waals surface area contributed by atoms with Crippen LogP contribution in [0.1, 0.15) is 0 Å². The second-order valence-corrected chi connectivity index (χ2v) is 4.08. The predicted octanol–water partition coefficient (Wildman–Crippen LogP) is 1.01. The van der Waals surface area contributed by atoms with Crippen molar-refractivity contribution in [1.82, 2.24) is 0 Å². The van der Waals surface area contributed by atoms with Crippen LogP contribution in [0, 0.1) is 0 Å². The summed E-state index contributed by atoms with van der Waals surface area (Å²) in [6.07, 6.45) is 0. The Bertz CT molecular complexity index is 118. The molecule has 56 valence electrons. The maximum Gasteiger partial charge on any atom is 0.331 e. The molecule has 0 fully saturated rings. The summed E-state index contributed by atoms with van der Waals surface area (Å²) >= 11 is 10.4. The SMILES string of the molecule is O=P(O)(O)C(CCl)CCl. The first-order chi connectivity index (χ1) is 4.02. The van der Waals surface area contributed by atoms with Crippen LogP contribution in [0.25, 0.3) is 0 Å². The van der Waals surface area contributed by atoms with Gasteiger partial charge in [-0.05, 0) is 0 Å². The molecule has 0 rings (SSSR count). The normalized spacial score (nSPS) is 12.6. The third kappa shape index (κ3) is 3.43. The van der Waals surface area contributed by atoms with Crippen LogP contribution in [0.2, 0.25) is 0 Å². The summed E-state index contributed by atoms with van der Waals surface area (Å²) in [6.45, 7) is 0. The maximum atomic E-state index is 10.3. The van der Waals surface area contributed by atoms with Crippen molar-refractivity contribution in [1.29, 1.82) is 0 Å². The van der Waals surface area contributed by atoms with Crippen LogP contribution < -0.4 is 0 Å². The number of halogens is 2. The molecule has 0 aromatic heterocycles. The summed E-state index contributed by atoms with van der Waals surface area (Å²) in [5.41, 5.74) is -0.902. The van der Waals surface area contributed by atoms with E-state index in [1.54, 1.807) is 0 Å². The molecule has 0 spiro atoms. The molecular weight excluding hydrogens is 186 g/mol. The van der Waals surface area contributed by atoms with Gasteiger partial charge in [-0.1, -0.05) is 0 Å². The fourth-order valence-corrected chi connectivity index (χ4v) is 1.99. The Balaban J connectivity index is 3.96. The maximum absolute atomic E-state index is 10.3. The van der Waals surface area contributed by atoms with Gasteiger partial charge in [0.15, 0.2) is 0 Å². The van der Waals surface area contributed by atoms with E-state index in [2.05, 4.69) is 0 Å². The van der Waals surface area contributed by atoms with Crippen molar-refractivity contribution in [3.8, 4) is 0 Å². The van der Waals surface area contributed by atoms with Crippen LogP contribution >= 0.6 is 30.8 Å². The average molecular weight is 193 g/mol. The molecule has 0 aliphatic rings. The highest BCUT2D eigenvalue weighted by molar-refractivity contribution is 7.52. The lowest BCUT2D eigenvalue weighted by Crippen LogP contribution is -2.11. The molecule has 0 unspecified atom stereocenters. The average Bonchev–Trinajstić information content (AvgIpc) is 1.65. The zero-order chi connectivity index (χ0) is 7.49. The van der Waals surface area contributed by atoms with E-state index >= 15 is 0 Å². The van der Waals surface area contributed by atoms with Gasteiger partial charge in [-0.3, -0.25) is 4.57 Å². The molecule has 0 radical (unpaired) electrons. The van der Waals surface area contributed by atoms with E-state index in [1.165, 1.54) is 0 Å². The molecule has 9 heavy (non-hydrogen) atoms. The van der Waals surface area contributed by atoms with Crippen molar-refractivity contribution in [3.05, 3.63) is 0 Å². The largest absolute Gasteiger partial charge is 0.331 e. The number of alkyl halides is 2. The molecule has 0 aliphatic heterocycles. The molecule has 0 saturated heterocycles. The highest BCUT2D eigenvalue weighted by atomic mass is 35.5. The topological polar surface area (TPSA) is 57.5 Å².